The van der Waals surface area contributed by atoms with Gasteiger partial charge in [-0.05, 0) is 43.9 Å². The van der Waals surface area contributed by atoms with Crippen molar-refractivity contribution in [2.24, 2.45) is 0 Å². The van der Waals surface area contributed by atoms with E-state index in [0.717, 1.165) is 12.8 Å². The van der Waals surface area contributed by atoms with Crippen molar-refractivity contribution in [3.8, 4) is 0 Å². The number of hydrogen-bond donors (Lipinski definition) is 1. The molecule has 1 heterocycles. The molecule has 0 aliphatic rings. The highest BCUT2D eigenvalue weighted by atomic mass is 16.2. The molecule has 0 radical (unpaired) electrons. The average molecular weight is 393 g/mol. The van der Waals surface area contributed by atoms with Crippen LogP contribution in [-0.4, -0.2) is 21.1 Å². The second-order valence-electron chi connectivity index (χ2n) is 7.34. The zero-order valence-corrected chi connectivity index (χ0v) is 16.9. The fraction of sp³-hybridized carbons (Fsp3) is 0.348. The van der Waals surface area contributed by atoms with Gasteiger partial charge in [-0.1, -0.05) is 49.4 Å². The van der Waals surface area contributed by atoms with E-state index in [9.17, 15) is 14.4 Å². The number of aryl methyl sites for hydroxylation is 1. The van der Waals surface area contributed by atoms with Crippen LogP contribution in [-0.2, 0) is 24.3 Å². The number of rotatable bonds is 8. The first kappa shape index (κ1) is 20.6. The predicted molar refractivity (Wildman–Crippen MR) is 115 cm³/mol. The third-order valence-corrected chi connectivity index (χ3v) is 5.00. The van der Waals surface area contributed by atoms with Crippen molar-refractivity contribution in [3.63, 3.8) is 0 Å². The lowest BCUT2D eigenvalue weighted by molar-refractivity contribution is -0.122. The van der Waals surface area contributed by atoms with Crippen molar-refractivity contribution >= 4 is 16.8 Å². The normalized spacial score (nSPS) is 12.1. The van der Waals surface area contributed by atoms with Gasteiger partial charge >= 0.3 is 5.69 Å². The van der Waals surface area contributed by atoms with E-state index in [1.807, 2.05) is 32.0 Å². The number of aromatic nitrogens is 2. The zero-order chi connectivity index (χ0) is 20.8. The second kappa shape index (κ2) is 9.37. The van der Waals surface area contributed by atoms with Crippen LogP contribution in [0.1, 0.15) is 32.3 Å². The predicted octanol–water partition coefficient (Wildman–Crippen LogP) is 2.71. The number of hydrogen-bond acceptors (Lipinski definition) is 3. The van der Waals surface area contributed by atoms with Crippen molar-refractivity contribution in [2.75, 3.05) is 0 Å². The molecule has 0 saturated carbocycles. The van der Waals surface area contributed by atoms with Gasteiger partial charge in [0.1, 0.15) is 6.54 Å². The molecule has 1 aromatic heterocycles. The van der Waals surface area contributed by atoms with Gasteiger partial charge < -0.3 is 5.32 Å². The Hall–Kier alpha value is -3.15. The van der Waals surface area contributed by atoms with E-state index in [1.54, 1.807) is 24.3 Å². The van der Waals surface area contributed by atoms with Crippen molar-refractivity contribution in [3.05, 3.63) is 81.0 Å². The minimum absolute atomic E-state index is 0.0220. The quantitative estimate of drug-likeness (QED) is 0.640. The van der Waals surface area contributed by atoms with Gasteiger partial charge in [-0.25, -0.2) is 4.79 Å². The maximum Gasteiger partial charge on any atom is 0.331 e. The van der Waals surface area contributed by atoms with Crippen LogP contribution >= 0.6 is 0 Å². The molecule has 1 atom stereocenters. The standard InChI is InChI=1S/C23H27N3O3/c1-3-15-25-22(28)19-11-7-8-12-20(19)26(23(25)29)16-21(27)24-17(2)13-14-18-9-5-4-6-10-18/h4-12,17H,3,13-16H2,1-2H3,(H,24,27)/t17-/m0/s1. The zero-order valence-electron chi connectivity index (χ0n) is 16.9. The summed E-state index contributed by atoms with van der Waals surface area (Å²) in [7, 11) is 0. The lowest BCUT2D eigenvalue weighted by Crippen LogP contribution is -2.43. The Morgan fingerprint density at radius 3 is 2.41 bits per heavy atom. The van der Waals surface area contributed by atoms with Crippen molar-refractivity contribution in [2.45, 2.75) is 52.2 Å². The SMILES string of the molecule is CCCn1c(=O)c2ccccc2n(CC(=O)N[C@@H](C)CCc2ccccc2)c1=O. The van der Waals surface area contributed by atoms with E-state index in [1.165, 1.54) is 14.7 Å². The van der Waals surface area contributed by atoms with Crippen LogP contribution < -0.4 is 16.6 Å². The summed E-state index contributed by atoms with van der Waals surface area (Å²) < 4.78 is 2.61. The van der Waals surface area contributed by atoms with Crippen molar-refractivity contribution in [1.82, 2.24) is 14.5 Å². The summed E-state index contributed by atoms with van der Waals surface area (Å²) in [6, 6.07) is 17.0. The first-order valence-electron chi connectivity index (χ1n) is 10.1. The summed E-state index contributed by atoms with van der Waals surface area (Å²) in [5.74, 6) is -0.237. The van der Waals surface area contributed by atoms with Gasteiger partial charge in [0.25, 0.3) is 5.56 Å². The Morgan fingerprint density at radius 2 is 1.69 bits per heavy atom. The third kappa shape index (κ3) is 4.83. The highest BCUT2D eigenvalue weighted by Gasteiger charge is 2.15. The molecular weight excluding hydrogens is 366 g/mol. The van der Waals surface area contributed by atoms with Crippen LogP contribution in [0.3, 0.4) is 0 Å². The van der Waals surface area contributed by atoms with Crippen molar-refractivity contribution in [1.29, 1.82) is 0 Å². The van der Waals surface area contributed by atoms with Gasteiger partial charge in [0.05, 0.1) is 10.9 Å². The summed E-state index contributed by atoms with van der Waals surface area (Å²) in [4.78, 5) is 38.1. The number of fused-ring (bicyclic) bond motifs is 1. The molecule has 3 aromatic rings. The maximum absolute atomic E-state index is 12.9. The molecule has 1 N–H and O–H groups in total. The smallest absolute Gasteiger partial charge is 0.331 e. The van der Waals surface area contributed by atoms with Crippen LogP contribution in [0.15, 0.2) is 64.2 Å². The molecule has 0 aliphatic heterocycles. The summed E-state index contributed by atoms with van der Waals surface area (Å²) in [5, 5.41) is 3.42. The first-order valence-corrected chi connectivity index (χ1v) is 10.1. The Balaban J connectivity index is 1.77. The molecule has 152 valence electrons. The molecule has 29 heavy (non-hydrogen) atoms. The average Bonchev–Trinajstić information content (AvgIpc) is 2.73. The maximum atomic E-state index is 12.9. The van der Waals surface area contributed by atoms with Gasteiger partial charge in [-0.3, -0.25) is 18.7 Å². The summed E-state index contributed by atoms with van der Waals surface area (Å²) in [5.41, 5.74) is 0.965. The highest BCUT2D eigenvalue weighted by Crippen LogP contribution is 2.08. The summed E-state index contributed by atoms with van der Waals surface area (Å²) in [6.45, 7) is 4.09. The van der Waals surface area contributed by atoms with Crippen LogP contribution in [0.2, 0.25) is 0 Å². The van der Waals surface area contributed by atoms with E-state index < -0.39 is 5.69 Å². The molecule has 0 spiro atoms. The van der Waals surface area contributed by atoms with Gasteiger partial charge in [-0.2, -0.15) is 0 Å². The molecular formula is C23H27N3O3. The van der Waals surface area contributed by atoms with E-state index in [-0.39, 0.29) is 24.1 Å². The Labute approximate surface area is 169 Å². The molecule has 0 bridgehead atoms. The Kier molecular flexibility index (Phi) is 6.65. The molecule has 2 aromatic carbocycles. The number of benzene rings is 2. The number of nitrogens with one attached hydrogen (secondary N) is 1. The molecule has 0 aliphatic carbocycles. The second-order valence-corrected chi connectivity index (χ2v) is 7.34. The molecule has 0 unspecified atom stereocenters. The highest BCUT2D eigenvalue weighted by molar-refractivity contribution is 5.81. The molecule has 1 amide bonds. The van der Waals surface area contributed by atoms with E-state index >= 15 is 0 Å². The number of para-hydroxylation sites is 1. The largest absolute Gasteiger partial charge is 0.352 e. The monoisotopic (exact) mass is 393 g/mol. The lowest BCUT2D eigenvalue weighted by atomic mass is 10.1. The van der Waals surface area contributed by atoms with Gasteiger partial charge in [0.15, 0.2) is 0 Å². The van der Waals surface area contributed by atoms with E-state index in [0.29, 0.717) is 23.9 Å². The van der Waals surface area contributed by atoms with Crippen LogP contribution in [0.25, 0.3) is 10.9 Å². The van der Waals surface area contributed by atoms with Gasteiger partial charge in [-0.15, -0.1) is 0 Å². The minimum Gasteiger partial charge on any atom is -0.352 e. The van der Waals surface area contributed by atoms with E-state index in [4.69, 9.17) is 0 Å². The van der Waals surface area contributed by atoms with Crippen LogP contribution in [0.4, 0.5) is 0 Å². The molecule has 6 heteroatoms. The number of nitrogens with zero attached hydrogens (tertiary/aromatic N) is 2. The van der Waals surface area contributed by atoms with Gasteiger partial charge in [0.2, 0.25) is 5.91 Å². The van der Waals surface area contributed by atoms with Crippen molar-refractivity contribution < 1.29 is 4.79 Å². The fourth-order valence-electron chi connectivity index (χ4n) is 3.51. The Morgan fingerprint density at radius 1 is 1.00 bits per heavy atom. The minimum atomic E-state index is -0.442. The molecule has 3 rings (SSSR count). The number of amides is 1. The molecule has 0 saturated heterocycles. The number of carbonyl (C=O) groups is 1. The third-order valence-electron chi connectivity index (χ3n) is 5.00. The fourth-order valence-corrected chi connectivity index (χ4v) is 3.51. The first-order chi connectivity index (χ1) is 14.0. The van der Waals surface area contributed by atoms with Crippen LogP contribution in [0.5, 0.6) is 0 Å². The summed E-state index contributed by atoms with van der Waals surface area (Å²) in [6.07, 6.45) is 2.34. The molecule has 6 nitrogen and oxygen atoms in total. The topological polar surface area (TPSA) is 73.1 Å². The number of carbonyl (C=O) groups excluding carboxylic acids is 1. The lowest BCUT2D eigenvalue weighted by Gasteiger charge is -2.17. The Bertz CT molecular complexity index is 1100. The van der Waals surface area contributed by atoms with Gasteiger partial charge in [0, 0.05) is 12.6 Å². The van der Waals surface area contributed by atoms with Crippen LogP contribution in [0, 0.1) is 0 Å². The summed E-state index contributed by atoms with van der Waals surface area (Å²) >= 11 is 0. The molecule has 0 fully saturated rings. The van der Waals surface area contributed by atoms with E-state index in [2.05, 4.69) is 17.4 Å².